The van der Waals surface area contributed by atoms with Crippen LogP contribution in [-0.4, -0.2) is 30.3 Å². The number of benzene rings is 1. The lowest BCUT2D eigenvalue weighted by molar-refractivity contribution is -0.126. The van der Waals surface area contributed by atoms with Crippen molar-refractivity contribution < 1.29 is 14.6 Å². The van der Waals surface area contributed by atoms with E-state index in [1.807, 2.05) is 30.3 Å². The number of carbonyl (C=O) groups excluding carboxylic acids is 1. The van der Waals surface area contributed by atoms with Gasteiger partial charge in [0.15, 0.2) is 0 Å². The number of nitrogens with one attached hydrogen (secondary N) is 1. The number of hydrogen-bond donors (Lipinski definition) is 2. The molecule has 1 atom stereocenters. The zero-order valence-corrected chi connectivity index (χ0v) is 12.6. The van der Waals surface area contributed by atoms with Crippen LogP contribution in [0.25, 0.3) is 0 Å². The molecule has 0 aromatic heterocycles. The Morgan fingerprint density at radius 2 is 1.95 bits per heavy atom. The van der Waals surface area contributed by atoms with E-state index in [2.05, 4.69) is 26.1 Å². The largest absolute Gasteiger partial charge is 0.391 e. The highest BCUT2D eigenvalue weighted by Crippen LogP contribution is 2.20. The molecule has 0 unspecified atom stereocenters. The fourth-order valence-corrected chi connectivity index (χ4v) is 1.90. The van der Waals surface area contributed by atoms with E-state index in [0.717, 1.165) is 5.56 Å². The lowest BCUT2D eigenvalue weighted by Gasteiger charge is -2.22. The van der Waals surface area contributed by atoms with E-state index in [1.165, 1.54) is 0 Å². The molecule has 1 amide bonds. The average molecular weight is 279 g/mol. The first kappa shape index (κ1) is 16.7. The minimum atomic E-state index is -0.520. The number of aliphatic hydroxyl groups is 1. The van der Waals surface area contributed by atoms with Crippen LogP contribution in [0.3, 0.4) is 0 Å². The molecule has 4 heteroatoms. The molecule has 0 fully saturated rings. The van der Waals surface area contributed by atoms with Gasteiger partial charge in [-0.25, -0.2) is 0 Å². The first-order valence-corrected chi connectivity index (χ1v) is 6.93. The summed E-state index contributed by atoms with van der Waals surface area (Å²) in [6.07, 6.45) is 0.131. The van der Waals surface area contributed by atoms with Crippen molar-refractivity contribution in [3.8, 4) is 0 Å². The van der Waals surface area contributed by atoms with Crippen molar-refractivity contribution in [2.75, 3.05) is 13.2 Å². The summed E-state index contributed by atoms with van der Waals surface area (Å²) in [4.78, 5) is 11.6. The molecule has 0 aliphatic rings. The number of carbonyl (C=O) groups is 1. The van der Waals surface area contributed by atoms with Crippen molar-refractivity contribution >= 4 is 5.91 Å². The van der Waals surface area contributed by atoms with E-state index in [0.29, 0.717) is 13.0 Å². The average Bonchev–Trinajstić information content (AvgIpc) is 2.36. The van der Waals surface area contributed by atoms with Gasteiger partial charge in [-0.15, -0.1) is 0 Å². The lowest BCUT2D eigenvalue weighted by atomic mass is 9.89. The molecule has 112 valence electrons. The first-order chi connectivity index (χ1) is 9.37. The molecule has 1 aromatic carbocycles. The minimum absolute atomic E-state index is 0.0110. The summed E-state index contributed by atoms with van der Waals surface area (Å²) in [6, 6.07) is 9.70. The Morgan fingerprint density at radius 3 is 2.55 bits per heavy atom. The highest BCUT2D eigenvalue weighted by atomic mass is 16.5. The van der Waals surface area contributed by atoms with Gasteiger partial charge in [0.2, 0.25) is 5.91 Å². The molecular formula is C16H25NO3. The molecular weight excluding hydrogens is 254 g/mol. The molecule has 0 radical (unpaired) electrons. The summed E-state index contributed by atoms with van der Waals surface area (Å²) >= 11 is 0. The van der Waals surface area contributed by atoms with Crippen molar-refractivity contribution in [1.82, 2.24) is 5.32 Å². The van der Waals surface area contributed by atoms with Gasteiger partial charge in [-0.2, -0.15) is 0 Å². The first-order valence-electron chi connectivity index (χ1n) is 6.93. The van der Waals surface area contributed by atoms with Gasteiger partial charge in [0, 0.05) is 6.54 Å². The SMILES string of the molecule is CC(C)(C)C[C@@H](O)CNC(=O)COCc1ccccc1. The molecule has 1 aromatic rings. The summed E-state index contributed by atoms with van der Waals surface area (Å²) in [5, 5.41) is 12.5. The highest BCUT2D eigenvalue weighted by molar-refractivity contribution is 5.77. The second-order valence-electron chi connectivity index (χ2n) is 6.20. The number of hydrogen-bond acceptors (Lipinski definition) is 3. The smallest absolute Gasteiger partial charge is 0.246 e. The zero-order valence-electron chi connectivity index (χ0n) is 12.6. The predicted molar refractivity (Wildman–Crippen MR) is 79.2 cm³/mol. The van der Waals surface area contributed by atoms with Gasteiger partial charge in [0.1, 0.15) is 6.61 Å². The van der Waals surface area contributed by atoms with Crippen LogP contribution >= 0.6 is 0 Å². The Bertz CT molecular complexity index is 398. The van der Waals surface area contributed by atoms with Gasteiger partial charge < -0.3 is 15.2 Å². The third-order valence-corrected chi connectivity index (χ3v) is 2.73. The molecule has 0 bridgehead atoms. The maximum atomic E-state index is 11.6. The maximum absolute atomic E-state index is 11.6. The van der Waals surface area contributed by atoms with Crippen LogP contribution < -0.4 is 5.32 Å². The number of ether oxygens (including phenoxy) is 1. The van der Waals surface area contributed by atoms with Crippen LogP contribution in [0.2, 0.25) is 0 Å². The Hall–Kier alpha value is -1.39. The standard InChI is InChI=1S/C16H25NO3/c1-16(2,3)9-14(18)10-17-15(19)12-20-11-13-7-5-4-6-8-13/h4-8,14,18H,9-12H2,1-3H3,(H,17,19)/t14-/m1/s1. The van der Waals surface area contributed by atoms with Gasteiger partial charge in [-0.05, 0) is 17.4 Å². The van der Waals surface area contributed by atoms with Gasteiger partial charge in [-0.1, -0.05) is 51.1 Å². The topological polar surface area (TPSA) is 58.6 Å². The maximum Gasteiger partial charge on any atom is 0.246 e. The van der Waals surface area contributed by atoms with Crippen LogP contribution in [0.5, 0.6) is 0 Å². The summed E-state index contributed by atoms with van der Waals surface area (Å²) in [5.41, 5.74) is 1.08. The highest BCUT2D eigenvalue weighted by Gasteiger charge is 2.17. The van der Waals surface area contributed by atoms with Gasteiger partial charge >= 0.3 is 0 Å². The lowest BCUT2D eigenvalue weighted by Crippen LogP contribution is -2.36. The molecule has 0 aliphatic carbocycles. The monoisotopic (exact) mass is 279 g/mol. The van der Waals surface area contributed by atoms with E-state index in [9.17, 15) is 9.90 Å². The summed E-state index contributed by atoms with van der Waals surface area (Å²) in [7, 11) is 0. The fourth-order valence-electron chi connectivity index (χ4n) is 1.90. The summed E-state index contributed by atoms with van der Waals surface area (Å²) in [6.45, 7) is 6.86. The second kappa shape index (κ2) is 8.02. The van der Waals surface area contributed by atoms with Crippen LogP contribution in [0.4, 0.5) is 0 Å². The van der Waals surface area contributed by atoms with E-state index in [-0.39, 0.29) is 24.5 Å². The number of rotatable bonds is 7. The van der Waals surface area contributed by atoms with Crippen LogP contribution in [0.1, 0.15) is 32.8 Å². The van der Waals surface area contributed by atoms with Crippen molar-refractivity contribution in [3.05, 3.63) is 35.9 Å². The fraction of sp³-hybridized carbons (Fsp3) is 0.562. The van der Waals surface area contributed by atoms with Crippen LogP contribution in [-0.2, 0) is 16.1 Å². The predicted octanol–water partition coefficient (Wildman–Crippen LogP) is 2.12. The minimum Gasteiger partial charge on any atom is -0.391 e. The van der Waals surface area contributed by atoms with Crippen molar-refractivity contribution in [2.45, 2.75) is 39.9 Å². The summed E-state index contributed by atoms with van der Waals surface area (Å²) < 4.78 is 5.32. The Morgan fingerprint density at radius 1 is 1.30 bits per heavy atom. The molecule has 0 heterocycles. The molecule has 0 saturated carbocycles. The normalized spacial score (nSPS) is 13.0. The third kappa shape index (κ3) is 7.92. The quantitative estimate of drug-likeness (QED) is 0.803. The Balaban J connectivity index is 2.14. The zero-order chi connectivity index (χ0) is 15.0. The Kier molecular flexibility index (Phi) is 6.68. The van der Waals surface area contributed by atoms with Crippen molar-refractivity contribution in [3.63, 3.8) is 0 Å². The van der Waals surface area contributed by atoms with Gasteiger partial charge in [0.25, 0.3) is 0 Å². The van der Waals surface area contributed by atoms with Crippen LogP contribution in [0.15, 0.2) is 30.3 Å². The van der Waals surface area contributed by atoms with Crippen LogP contribution in [0, 0.1) is 5.41 Å². The molecule has 0 spiro atoms. The van der Waals surface area contributed by atoms with Crippen molar-refractivity contribution in [1.29, 1.82) is 0 Å². The van der Waals surface area contributed by atoms with E-state index < -0.39 is 6.10 Å². The third-order valence-electron chi connectivity index (χ3n) is 2.73. The molecule has 2 N–H and O–H groups in total. The number of aliphatic hydroxyl groups excluding tert-OH is 1. The number of amides is 1. The molecule has 20 heavy (non-hydrogen) atoms. The molecule has 4 nitrogen and oxygen atoms in total. The molecule has 0 saturated heterocycles. The van der Waals surface area contributed by atoms with Crippen molar-refractivity contribution in [2.24, 2.45) is 5.41 Å². The van der Waals surface area contributed by atoms with Gasteiger partial charge in [-0.3, -0.25) is 4.79 Å². The van der Waals surface area contributed by atoms with E-state index >= 15 is 0 Å². The molecule has 0 aliphatic heterocycles. The van der Waals surface area contributed by atoms with E-state index in [1.54, 1.807) is 0 Å². The van der Waals surface area contributed by atoms with Gasteiger partial charge in [0.05, 0.1) is 12.7 Å². The summed E-state index contributed by atoms with van der Waals surface area (Å²) in [5.74, 6) is -0.200. The Labute approximate surface area is 121 Å². The second-order valence-corrected chi connectivity index (χ2v) is 6.20. The molecule has 1 rings (SSSR count). The van der Waals surface area contributed by atoms with E-state index in [4.69, 9.17) is 4.74 Å².